The van der Waals surface area contributed by atoms with E-state index >= 15 is 0 Å². The number of fused-ring (bicyclic) bond motifs is 1. The summed E-state index contributed by atoms with van der Waals surface area (Å²) in [5, 5.41) is 7.42. The van der Waals surface area contributed by atoms with Crippen molar-refractivity contribution in [1.82, 2.24) is 19.6 Å². The summed E-state index contributed by atoms with van der Waals surface area (Å²) in [5.74, 6) is 1.18. The first-order valence-electron chi connectivity index (χ1n) is 4.79. The summed E-state index contributed by atoms with van der Waals surface area (Å²) in [6, 6.07) is 1.78. The highest BCUT2D eigenvalue weighted by atomic mass is 35.5. The molecule has 1 N–H and O–H groups in total. The van der Waals surface area contributed by atoms with Crippen molar-refractivity contribution in [2.45, 2.75) is 24.1 Å². The SMILES string of the molecule is Cc1nc(SC(C)CCl)cc2n[nH]c(=O)n12. The smallest absolute Gasteiger partial charge is 0.246 e. The van der Waals surface area contributed by atoms with Crippen LogP contribution in [0.5, 0.6) is 0 Å². The molecule has 0 bridgehead atoms. The second-order valence-corrected chi connectivity index (χ2v) is 5.21. The van der Waals surface area contributed by atoms with Crippen LogP contribution >= 0.6 is 23.4 Å². The molecule has 86 valence electrons. The zero-order valence-electron chi connectivity index (χ0n) is 8.90. The number of rotatable bonds is 3. The lowest BCUT2D eigenvalue weighted by atomic mass is 10.5. The van der Waals surface area contributed by atoms with Gasteiger partial charge in [-0.1, -0.05) is 6.92 Å². The third kappa shape index (κ3) is 2.08. The summed E-state index contributed by atoms with van der Waals surface area (Å²) in [7, 11) is 0. The van der Waals surface area contributed by atoms with Gasteiger partial charge in [-0.2, -0.15) is 5.10 Å². The molecule has 0 aliphatic rings. The molecule has 0 fully saturated rings. The number of aromatic amines is 1. The van der Waals surface area contributed by atoms with Crippen molar-refractivity contribution in [3.05, 3.63) is 22.4 Å². The van der Waals surface area contributed by atoms with Gasteiger partial charge in [-0.15, -0.1) is 23.4 Å². The average molecular weight is 259 g/mol. The highest BCUT2D eigenvalue weighted by molar-refractivity contribution is 7.99. The Kier molecular flexibility index (Phi) is 3.20. The van der Waals surface area contributed by atoms with Crippen LogP contribution in [0.2, 0.25) is 0 Å². The Morgan fingerprint density at radius 2 is 2.44 bits per heavy atom. The second-order valence-electron chi connectivity index (χ2n) is 3.45. The second kappa shape index (κ2) is 4.47. The third-order valence-electron chi connectivity index (χ3n) is 2.09. The van der Waals surface area contributed by atoms with Crippen molar-refractivity contribution >= 4 is 29.0 Å². The van der Waals surface area contributed by atoms with E-state index in [4.69, 9.17) is 11.6 Å². The van der Waals surface area contributed by atoms with Crippen molar-refractivity contribution < 1.29 is 0 Å². The number of halogens is 1. The number of thioether (sulfide) groups is 1. The highest BCUT2D eigenvalue weighted by Crippen LogP contribution is 2.22. The van der Waals surface area contributed by atoms with Gasteiger partial charge < -0.3 is 0 Å². The van der Waals surface area contributed by atoms with Crippen molar-refractivity contribution in [3.8, 4) is 0 Å². The van der Waals surface area contributed by atoms with Crippen LogP contribution in [-0.4, -0.2) is 30.7 Å². The maximum Gasteiger partial charge on any atom is 0.349 e. The molecule has 0 saturated heterocycles. The third-order valence-corrected chi connectivity index (χ3v) is 3.75. The van der Waals surface area contributed by atoms with Gasteiger partial charge in [-0.05, 0) is 6.92 Å². The Hall–Kier alpha value is -1.01. The van der Waals surface area contributed by atoms with E-state index in [-0.39, 0.29) is 10.9 Å². The Morgan fingerprint density at radius 3 is 3.12 bits per heavy atom. The number of aromatic nitrogens is 4. The lowest BCUT2D eigenvalue weighted by Gasteiger charge is -2.07. The summed E-state index contributed by atoms with van der Waals surface area (Å²) in [6.07, 6.45) is 0. The summed E-state index contributed by atoms with van der Waals surface area (Å²) in [4.78, 5) is 15.7. The molecule has 0 spiro atoms. The van der Waals surface area contributed by atoms with E-state index in [0.717, 1.165) is 5.03 Å². The quantitative estimate of drug-likeness (QED) is 0.514. The summed E-state index contributed by atoms with van der Waals surface area (Å²) in [5.41, 5.74) is 0.323. The molecule has 1 unspecified atom stereocenters. The summed E-state index contributed by atoms with van der Waals surface area (Å²) >= 11 is 7.31. The van der Waals surface area contributed by atoms with Crippen LogP contribution in [0.15, 0.2) is 15.9 Å². The molecule has 0 radical (unpaired) electrons. The van der Waals surface area contributed by atoms with Gasteiger partial charge in [0.2, 0.25) is 0 Å². The van der Waals surface area contributed by atoms with E-state index in [9.17, 15) is 4.79 Å². The van der Waals surface area contributed by atoms with Gasteiger partial charge in [-0.25, -0.2) is 19.3 Å². The van der Waals surface area contributed by atoms with Crippen LogP contribution in [0.25, 0.3) is 5.65 Å². The van der Waals surface area contributed by atoms with Gasteiger partial charge >= 0.3 is 5.69 Å². The molecule has 7 heteroatoms. The van der Waals surface area contributed by atoms with Crippen molar-refractivity contribution in [3.63, 3.8) is 0 Å². The minimum Gasteiger partial charge on any atom is -0.246 e. The van der Waals surface area contributed by atoms with Gasteiger partial charge in [-0.3, -0.25) is 0 Å². The van der Waals surface area contributed by atoms with E-state index in [0.29, 0.717) is 17.4 Å². The minimum atomic E-state index is -0.262. The number of nitrogens with zero attached hydrogens (tertiary/aromatic N) is 3. The predicted molar refractivity (Wildman–Crippen MR) is 64.4 cm³/mol. The number of alkyl halides is 1. The fourth-order valence-corrected chi connectivity index (χ4v) is 2.39. The van der Waals surface area contributed by atoms with E-state index in [1.54, 1.807) is 24.8 Å². The first kappa shape index (κ1) is 11.5. The average Bonchev–Trinajstić information content (AvgIpc) is 2.60. The van der Waals surface area contributed by atoms with Crippen LogP contribution < -0.4 is 5.69 Å². The van der Waals surface area contributed by atoms with Crippen molar-refractivity contribution in [1.29, 1.82) is 0 Å². The summed E-state index contributed by atoms with van der Waals surface area (Å²) < 4.78 is 1.44. The fraction of sp³-hybridized carbons (Fsp3) is 0.444. The molecule has 2 aromatic heterocycles. The molecular weight excluding hydrogens is 248 g/mol. The number of aryl methyl sites for hydroxylation is 1. The van der Waals surface area contributed by atoms with Crippen LogP contribution in [-0.2, 0) is 0 Å². The summed E-state index contributed by atoms with van der Waals surface area (Å²) in [6.45, 7) is 3.80. The number of hydrogen-bond acceptors (Lipinski definition) is 4. The van der Waals surface area contributed by atoms with E-state index in [1.807, 2.05) is 6.92 Å². The van der Waals surface area contributed by atoms with Crippen molar-refractivity contribution in [2.75, 3.05) is 5.88 Å². The van der Waals surface area contributed by atoms with Crippen molar-refractivity contribution in [2.24, 2.45) is 0 Å². The molecule has 0 saturated carbocycles. The lowest BCUT2D eigenvalue weighted by Crippen LogP contribution is -2.13. The first-order valence-corrected chi connectivity index (χ1v) is 6.20. The van der Waals surface area contributed by atoms with Gasteiger partial charge in [0.05, 0.1) is 0 Å². The first-order chi connectivity index (χ1) is 7.61. The van der Waals surface area contributed by atoms with Crippen LogP contribution in [0.3, 0.4) is 0 Å². The minimum absolute atomic E-state index is 0.262. The molecular formula is C9H11ClN4OS. The number of nitrogens with one attached hydrogen (secondary N) is 1. The molecule has 0 aliphatic heterocycles. The van der Waals surface area contributed by atoms with Gasteiger partial charge in [0, 0.05) is 17.2 Å². The van der Waals surface area contributed by atoms with Gasteiger partial charge in [0.15, 0.2) is 5.65 Å². The van der Waals surface area contributed by atoms with E-state index in [2.05, 4.69) is 15.2 Å². The molecule has 2 rings (SSSR count). The number of H-pyrrole nitrogens is 1. The molecule has 2 aromatic rings. The Morgan fingerprint density at radius 1 is 1.69 bits per heavy atom. The predicted octanol–water partition coefficient (Wildman–Crippen LogP) is 1.45. The normalized spacial score (nSPS) is 13.2. The highest BCUT2D eigenvalue weighted by Gasteiger charge is 2.09. The van der Waals surface area contributed by atoms with Gasteiger partial charge in [0.1, 0.15) is 10.9 Å². The maximum absolute atomic E-state index is 11.4. The van der Waals surface area contributed by atoms with E-state index < -0.39 is 0 Å². The number of hydrogen-bond donors (Lipinski definition) is 1. The van der Waals surface area contributed by atoms with Crippen LogP contribution in [0.1, 0.15) is 12.7 Å². The zero-order valence-corrected chi connectivity index (χ0v) is 10.5. The van der Waals surface area contributed by atoms with E-state index in [1.165, 1.54) is 4.40 Å². The lowest BCUT2D eigenvalue weighted by molar-refractivity contribution is 0.893. The Bertz CT molecular complexity index is 564. The van der Waals surface area contributed by atoms with Crippen LogP contribution in [0.4, 0.5) is 0 Å². The molecule has 0 aromatic carbocycles. The molecule has 0 amide bonds. The largest absolute Gasteiger partial charge is 0.349 e. The monoisotopic (exact) mass is 258 g/mol. The maximum atomic E-state index is 11.4. The van der Waals surface area contributed by atoms with Crippen LogP contribution in [0, 0.1) is 6.92 Å². The zero-order chi connectivity index (χ0) is 11.7. The molecule has 5 nitrogen and oxygen atoms in total. The Labute approximate surface area is 101 Å². The van der Waals surface area contributed by atoms with Gasteiger partial charge in [0.25, 0.3) is 0 Å². The molecule has 0 aliphatic carbocycles. The fourth-order valence-electron chi connectivity index (χ4n) is 1.37. The molecule has 1 atom stereocenters. The topological polar surface area (TPSA) is 63.0 Å². The molecule has 16 heavy (non-hydrogen) atoms. The standard InChI is InChI=1S/C9H11ClN4OS/c1-5(4-10)16-8-3-7-12-13-9(15)14(7)6(2)11-8/h3,5H,4H2,1-2H3,(H,13,15). The molecule has 2 heterocycles. The Balaban J connectivity index is 2.46.